The molecule has 5 heteroatoms. The van der Waals surface area contributed by atoms with Gasteiger partial charge in [-0.05, 0) is 31.4 Å². The van der Waals surface area contributed by atoms with E-state index in [0.29, 0.717) is 12.4 Å². The first-order chi connectivity index (χ1) is 9.11. The van der Waals surface area contributed by atoms with Crippen molar-refractivity contribution < 1.29 is 19.1 Å². The summed E-state index contributed by atoms with van der Waals surface area (Å²) in [5, 5.41) is 8.85. The lowest BCUT2D eigenvalue weighted by Crippen LogP contribution is -1.97. The third-order valence-corrected chi connectivity index (χ3v) is 3.46. The Morgan fingerprint density at radius 1 is 1.42 bits per heavy atom. The molecule has 100 valence electrons. The van der Waals surface area contributed by atoms with E-state index < -0.39 is 5.97 Å². The topological polar surface area (TPSA) is 59.7 Å². The van der Waals surface area contributed by atoms with E-state index in [-0.39, 0.29) is 5.76 Å². The van der Waals surface area contributed by atoms with Crippen molar-refractivity contribution in [2.75, 3.05) is 6.26 Å². The van der Waals surface area contributed by atoms with Crippen LogP contribution in [-0.4, -0.2) is 17.3 Å². The molecule has 0 saturated heterocycles. The second-order valence-corrected chi connectivity index (χ2v) is 4.78. The van der Waals surface area contributed by atoms with Gasteiger partial charge in [0.25, 0.3) is 0 Å². The summed E-state index contributed by atoms with van der Waals surface area (Å²) in [6.07, 6.45) is 1.98. The van der Waals surface area contributed by atoms with Crippen LogP contribution in [0.15, 0.2) is 39.6 Å². The molecule has 0 fully saturated rings. The molecule has 19 heavy (non-hydrogen) atoms. The van der Waals surface area contributed by atoms with Gasteiger partial charge in [-0.2, -0.15) is 0 Å². The molecule has 4 nitrogen and oxygen atoms in total. The zero-order chi connectivity index (χ0) is 13.8. The molecule has 0 spiro atoms. The molecular weight excluding hydrogens is 264 g/mol. The molecule has 0 amide bonds. The van der Waals surface area contributed by atoms with Crippen LogP contribution in [0.2, 0.25) is 0 Å². The number of para-hydroxylation sites is 1. The van der Waals surface area contributed by atoms with Crippen LogP contribution in [0.3, 0.4) is 0 Å². The maximum atomic E-state index is 10.8. The van der Waals surface area contributed by atoms with E-state index in [9.17, 15) is 4.79 Å². The average molecular weight is 278 g/mol. The van der Waals surface area contributed by atoms with Gasteiger partial charge < -0.3 is 14.3 Å². The van der Waals surface area contributed by atoms with Gasteiger partial charge in [-0.1, -0.05) is 12.1 Å². The zero-order valence-corrected chi connectivity index (χ0v) is 11.5. The molecule has 0 saturated carbocycles. The number of rotatable bonds is 5. The zero-order valence-electron chi connectivity index (χ0n) is 10.7. The van der Waals surface area contributed by atoms with Crippen LogP contribution in [0.4, 0.5) is 0 Å². The molecule has 0 aliphatic rings. The number of carboxylic acid groups (broad SMARTS) is 1. The van der Waals surface area contributed by atoms with E-state index >= 15 is 0 Å². The fraction of sp³-hybridized carbons (Fsp3) is 0.214. The van der Waals surface area contributed by atoms with Crippen LogP contribution in [0.25, 0.3) is 0 Å². The lowest BCUT2D eigenvalue weighted by molar-refractivity contribution is 0.0661. The summed E-state index contributed by atoms with van der Waals surface area (Å²) in [6.45, 7) is 2.02. The summed E-state index contributed by atoms with van der Waals surface area (Å²) in [7, 11) is 0. The minimum Gasteiger partial charge on any atom is -0.488 e. The lowest BCUT2D eigenvalue weighted by atomic mass is 10.2. The Balaban J connectivity index is 2.12. The largest absolute Gasteiger partial charge is 0.488 e. The summed E-state index contributed by atoms with van der Waals surface area (Å²) < 4.78 is 10.9. The molecule has 2 rings (SSSR count). The van der Waals surface area contributed by atoms with E-state index in [1.165, 1.54) is 6.07 Å². The molecule has 2 aromatic rings. The quantitative estimate of drug-likeness (QED) is 0.847. The monoisotopic (exact) mass is 278 g/mol. The first kappa shape index (κ1) is 13.5. The van der Waals surface area contributed by atoms with Gasteiger partial charge in [-0.25, -0.2) is 4.79 Å². The van der Waals surface area contributed by atoms with E-state index in [1.807, 2.05) is 30.5 Å². The van der Waals surface area contributed by atoms with Gasteiger partial charge in [0.15, 0.2) is 0 Å². The Hall–Kier alpha value is -1.88. The number of hydrogen-bond acceptors (Lipinski definition) is 4. The van der Waals surface area contributed by atoms with Gasteiger partial charge in [0.1, 0.15) is 18.1 Å². The van der Waals surface area contributed by atoms with E-state index in [1.54, 1.807) is 18.7 Å². The van der Waals surface area contributed by atoms with Gasteiger partial charge in [0.2, 0.25) is 5.76 Å². The number of ether oxygens (including phenoxy) is 1. The molecule has 0 bridgehead atoms. The molecule has 0 atom stereocenters. The predicted molar refractivity (Wildman–Crippen MR) is 73.0 cm³/mol. The van der Waals surface area contributed by atoms with E-state index in [2.05, 4.69) is 0 Å². The van der Waals surface area contributed by atoms with Crippen LogP contribution in [0, 0.1) is 6.92 Å². The summed E-state index contributed by atoms with van der Waals surface area (Å²) in [6, 6.07) is 9.22. The minimum absolute atomic E-state index is 0.0609. The van der Waals surface area contributed by atoms with Crippen LogP contribution < -0.4 is 4.74 Å². The van der Waals surface area contributed by atoms with Crippen molar-refractivity contribution in [1.29, 1.82) is 0 Å². The number of carboxylic acids is 1. The Morgan fingerprint density at radius 3 is 2.79 bits per heavy atom. The summed E-state index contributed by atoms with van der Waals surface area (Å²) in [5.41, 5.74) is 0.744. The maximum absolute atomic E-state index is 10.8. The van der Waals surface area contributed by atoms with Crippen LogP contribution in [-0.2, 0) is 6.61 Å². The SMILES string of the molecule is CSc1ccccc1OCc1cc(C(=O)O)oc1C. The van der Waals surface area contributed by atoms with Crippen molar-refractivity contribution in [3.63, 3.8) is 0 Å². The Bertz CT molecular complexity index is 589. The van der Waals surface area contributed by atoms with Crippen LogP contribution in [0.5, 0.6) is 5.75 Å². The van der Waals surface area contributed by atoms with Gasteiger partial charge in [0.05, 0.1) is 0 Å². The van der Waals surface area contributed by atoms with Crippen LogP contribution >= 0.6 is 11.8 Å². The summed E-state index contributed by atoms with van der Waals surface area (Å²) >= 11 is 1.60. The highest BCUT2D eigenvalue weighted by Gasteiger charge is 2.13. The average Bonchev–Trinajstić information content (AvgIpc) is 2.78. The van der Waals surface area contributed by atoms with Crippen molar-refractivity contribution in [2.24, 2.45) is 0 Å². The van der Waals surface area contributed by atoms with Crippen molar-refractivity contribution in [3.8, 4) is 5.75 Å². The number of thioether (sulfide) groups is 1. The van der Waals surface area contributed by atoms with E-state index in [4.69, 9.17) is 14.3 Å². The molecule has 1 aromatic heterocycles. The molecule has 0 aliphatic carbocycles. The predicted octanol–water partition coefficient (Wildman–Crippen LogP) is 3.59. The first-order valence-corrected chi connectivity index (χ1v) is 6.92. The molecule has 0 radical (unpaired) electrons. The summed E-state index contributed by atoms with van der Waals surface area (Å²) in [5.74, 6) is 0.222. The van der Waals surface area contributed by atoms with Crippen molar-refractivity contribution in [3.05, 3.63) is 47.4 Å². The third kappa shape index (κ3) is 3.12. The number of aryl methyl sites for hydroxylation is 1. The minimum atomic E-state index is -1.07. The number of aromatic carboxylic acids is 1. The van der Waals surface area contributed by atoms with Gasteiger partial charge >= 0.3 is 5.97 Å². The lowest BCUT2D eigenvalue weighted by Gasteiger charge is -2.08. The Labute approximate surface area is 115 Å². The van der Waals surface area contributed by atoms with Gasteiger partial charge in [-0.15, -0.1) is 11.8 Å². The second kappa shape index (κ2) is 5.84. The first-order valence-electron chi connectivity index (χ1n) is 5.70. The van der Waals surface area contributed by atoms with Gasteiger partial charge in [-0.3, -0.25) is 0 Å². The fourth-order valence-corrected chi connectivity index (χ4v) is 2.20. The number of benzene rings is 1. The van der Waals surface area contributed by atoms with Crippen molar-refractivity contribution in [1.82, 2.24) is 0 Å². The Kier molecular flexibility index (Phi) is 4.16. The Morgan fingerprint density at radius 2 is 2.16 bits per heavy atom. The molecule has 1 heterocycles. The normalized spacial score (nSPS) is 10.4. The maximum Gasteiger partial charge on any atom is 0.371 e. The molecule has 1 aromatic carbocycles. The highest BCUT2D eigenvalue weighted by Crippen LogP contribution is 2.28. The smallest absolute Gasteiger partial charge is 0.371 e. The molecular formula is C14H14O4S. The highest BCUT2D eigenvalue weighted by atomic mass is 32.2. The van der Waals surface area contributed by atoms with Crippen LogP contribution in [0.1, 0.15) is 21.9 Å². The van der Waals surface area contributed by atoms with Crippen molar-refractivity contribution in [2.45, 2.75) is 18.4 Å². The fourth-order valence-electron chi connectivity index (χ4n) is 1.66. The number of hydrogen-bond donors (Lipinski definition) is 1. The standard InChI is InChI=1S/C14H14O4S/c1-9-10(7-12(18-9)14(15)16)8-17-11-5-3-4-6-13(11)19-2/h3-7H,8H2,1-2H3,(H,15,16). The highest BCUT2D eigenvalue weighted by molar-refractivity contribution is 7.98. The van der Waals surface area contributed by atoms with E-state index in [0.717, 1.165) is 16.2 Å². The number of carbonyl (C=O) groups is 1. The molecule has 0 unspecified atom stereocenters. The molecule has 1 N–H and O–H groups in total. The third-order valence-electron chi connectivity index (χ3n) is 2.68. The molecule has 0 aliphatic heterocycles. The van der Waals surface area contributed by atoms with Gasteiger partial charge in [0, 0.05) is 10.5 Å². The number of furan rings is 1. The second-order valence-electron chi connectivity index (χ2n) is 3.94. The van der Waals surface area contributed by atoms with Crippen molar-refractivity contribution >= 4 is 17.7 Å². The summed E-state index contributed by atoms with van der Waals surface area (Å²) in [4.78, 5) is 11.8.